The van der Waals surface area contributed by atoms with Crippen LogP contribution >= 0.6 is 0 Å². The lowest BCUT2D eigenvalue weighted by atomic mass is 9.86. The van der Waals surface area contributed by atoms with Crippen LogP contribution in [0.25, 0.3) is 10.9 Å². The number of alkyl halides is 3. The minimum absolute atomic E-state index is 0.0827. The van der Waals surface area contributed by atoms with E-state index in [0.717, 1.165) is 17.7 Å². The number of carboxylic acid groups (broad SMARTS) is 1. The molecule has 1 aliphatic rings. The maximum absolute atomic E-state index is 13.3. The fraction of sp³-hybridized carbons (Fsp3) is 0.273. The van der Waals surface area contributed by atoms with Gasteiger partial charge in [-0.3, -0.25) is 14.2 Å². The number of hydrogen-bond donors (Lipinski definition) is 1. The van der Waals surface area contributed by atoms with E-state index < -0.39 is 29.5 Å². The molecule has 4 rings (SSSR count). The molecule has 1 aromatic heterocycles. The van der Waals surface area contributed by atoms with Crippen molar-refractivity contribution >= 4 is 22.8 Å². The number of methoxy groups -OCH3 is 1. The van der Waals surface area contributed by atoms with Crippen molar-refractivity contribution in [1.29, 1.82) is 0 Å². The second kappa shape index (κ2) is 7.19. The van der Waals surface area contributed by atoms with Crippen molar-refractivity contribution in [2.45, 2.75) is 25.4 Å². The Morgan fingerprint density at radius 2 is 1.93 bits per heavy atom. The molecule has 30 heavy (non-hydrogen) atoms. The van der Waals surface area contributed by atoms with E-state index in [4.69, 9.17) is 4.74 Å². The van der Waals surface area contributed by atoms with Crippen molar-refractivity contribution in [2.24, 2.45) is 5.92 Å². The summed E-state index contributed by atoms with van der Waals surface area (Å²) in [4.78, 5) is 24.8. The molecular weight excluding hydrogens is 399 g/mol. The summed E-state index contributed by atoms with van der Waals surface area (Å²) in [6, 6.07) is 9.38. The zero-order valence-electron chi connectivity index (χ0n) is 16.0. The number of fused-ring (bicyclic) bond motifs is 3. The molecule has 3 aromatic rings. The van der Waals surface area contributed by atoms with Crippen molar-refractivity contribution in [3.05, 3.63) is 64.8 Å². The molecule has 0 spiro atoms. The normalized spacial score (nSPS) is 16.3. The molecule has 0 saturated carbocycles. The van der Waals surface area contributed by atoms with E-state index in [1.54, 1.807) is 18.2 Å². The summed E-state index contributed by atoms with van der Waals surface area (Å²) < 4.78 is 46.0. The van der Waals surface area contributed by atoms with Crippen LogP contribution in [0.5, 0.6) is 5.75 Å². The van der Waals surface area contributed by atoms with Gasteiger partial charge >= 0.3 is 12.1 Å². The lowest BCUT2D eigenvalue weighted by Crippen LogP contribution is -2.24. The Morgan fingerprint density at radius 3 is 2.60 bits per heavy atom. The molecule has 0 radical (unpaired) electrons. The Balaban J connectivity index is 1.89. The molecule has 1 atom stereocenters. The number of hydrogen-bond acceptors (Lipinski definition) is 3. The number of carbonyl (C=O) groups is 2. The van der Waals surface area contributed by atoms with Gasteiger partial charge in [0.05, 0.1) is 24.1 Å². The average Bonchev–Trinajstić information content (AvgIpc) is 3.05. The first kappa shape index (κ1) is 20.0. The lowest BCUT2D eigenvalue weighted by molar-refractivity contribution is -0.142. The summed E-state index contributed by atoms with van der Waals surface area (Å²) >= 11 is 0. The number of benzene rings is 2. The smallest absolute Gasteiger partial charge is 0.416 e. The van der Waals surface area contributed by atoms with E-state index >= 15 is 0 Å². The van der Waals surface area contributed by atoms with Gasteiger partial charge in [-0.1, -0.05) is 6.07 Å². The predicted octanol–water partition coefficient (Wildman–Crippen LogP) is 4.55. The Bertz CT molecular complexity index is 1160. The SMILES string of the molecule is COc1ccc2c(c1)c1c(n2C(=O)c2cccc(C(F)(F)F)c2)CCC(C(=O)O)C1. The van der Waals surface area contributed by atoms with E-state index in [1.165, 1.54) is 23.8 Å². The van der Waals surface area contributed by atoms with Crippen molar-refractivity contribution in [1.82, 2.24) is 4.57 Å². The molecule has 0 saturated heterocycles. The van der Waals surface area contributed by atoms with Gasteiger partial charge < -0.3 is 9.84 Å². The molecule has 1 N–H and O–H groups in total. The van der Waals surface area contributed by atoms with Gasteiger partial charge in [-0.2, -0.15) is 13.2 Å². The highest BCUT2D eigenvalue weighted by Crippen LogP contribution is 2.37. The van der Waals surface area contributed by atoms with Crippen molar-refractivity contribution in [3.8, 4) is 5.75 Å². The highest BCUT2D eigenvalue weighted by atomic mass is 19.4. The average molecular weight is 417 g/mol. The van der Waals surface area contributed by atoms with Crippen molar-refractivity contribution in [3.63, 3.8) is 0 Å². The number of aliphatic carboxylic acids is 1. The quantitative estimate of drug-likeness (QED) is 0.679. The molecule has 1 heterocycles. The molecule has 8 heteroatoms. The minimum atomic E-state index is -4.56. The number of carboxylic acids is 1. The molecule has 2 aromatic carbocycles. The second-order valence-electron chi connectivity index (χ2n) is 7.31. The van der Waals surface area contributed by atoms with Gasteiger partial charge in [-0.05, 0) is 61.2 Å². The van der Waals surface area contributed by atoms with E-state index in [-0.39, 0.29) is 12.0 Å². The molecule has 1 aliphatic carbocycles. The minimum Gasteiger partial charge on any atom is -0.497 e. The first-order chi connectivity index (χ1) is 14.2. The standard InChI is InChI=1S/C22H18F3NO4/c1-30-15-6-8-19-17(11-15)16-10-13(21(28)29)5-7-18(16)26(19)20(27)12-3-2-4-14(9-12)22(23,24)25/h2-4,6,8-9,11,13H,5,7,10H2,1H3,(H,28,29). The fourth-order valence-corrected chi connectivity index (χ4v) is 4.06. The van der Waals surface area contributed by atoms with Crippen molar-refractivity contribution in [2.75, 3.05) is 7.11 Å². The van der Waals surface area contributed by atoms with E-state index in [2.05, 4.69) is 0 Å². The maximum Gasteiger partial charge on any atom is 0.416 e. The molecule has 5 nitrogen and oxygen atoms in total. The van der Waals surface area contributed by atoms with Crippen LogP contribution in [0.4, 0.5) is 13.2 Å². The highest BCUT2D eigenvalue weighted by molar-refractivity contribution is 6.04. The molecule has 0 aliphatic heterocycles. The van der Waals surface area contributed by atoms with Crippen LogP contribution in [0.2, 0.25) is 0 Å². The Kier molecular flexibility index (Phi) is 4.80. The van der Waals surface area contributed by atoms with Crippen LogP contribution < -0.4 is 4.74 Å². The summed E-state index contributed by atoms with van der Waals surface area (Å²) in [5.74, 6) is -1.52. The number of rotatable bonds is 3. The zero-order valence-corrected chi connectivity index (χ0v) is 16.0. The molecule has 0 bridgehead atoms. The Hall–Kier alpha value is -3.29. The number of halogens is 3. The Labute approximate surface area is 169 Å². The lowest BCUT2D eigenvalue weighted by Gasteiger charge is -2.20. The number of ether oxygens (including phenoxy) is 1. The fourth-order valence-electron chi connectivity index (χ4n) is 4.06. The molecule has 156 valence electrons. The summed E-state index contributed by atoms with van der Waals surface area (Å²) in [6.07, 6.45) is -3.62. The first-order valence-corrected chi connectivity index (χ1v) is 9.35. The van der Waals surface area contributed by atoms with Gasteiger partial charge in [0.15, 0.2) is 0 Å². The van der Waals surface area contributed by atoms with Gasteiger partial charge in [-0.15, -0.1) is 0 Å². The summed E-state index contributed by atoms with van der Waals surface area (Å²) in [7, 11) is 1.50. The van der Waals surface area contributed by atoms with Gasteiger partial charge in [0, 0.05) is 16.6 Å². The molecule has 1 unspecified atom stereocenters. The van der Waals surface area contributed by atoms with Crippen LogP contribution in [0.3, 0.4) is 0 Å². The van der Waals surface area contributed by atoms with Crippen LogP contribution in [-0.4, -0.2) is 28.7 Å². The topological polar surface area (TPSA) is 68.5 Å². The first-order valence-electron chi connectivity index (χ1n) is 9.35. The van der Waals surface area contributed by atoms with Gasteiger partial charge in [0.25, 0.3) is 5.91 Å². The van der Waals surface area contributed by atoms with Crippen LogP contribution in [0.1, 0.15) is 33.6 Å². The third-order valence-electron chi connectivity index (χ3n) is 5.56. The van der Waals surface area contributed by atoms with Crippen LogP contribution in [-0.2, 0) is 23.8 Å². The largest absolute Gasteiger partial charge is 0.497 e. The van der Waals surface area contributed by atoms with Gasteiger partial charge in [0.1, 0.15) is 5.75 Å². The Morgan fingerprint density at radius 1 is 1.17 bits per heavy atom. The van der Waals surface area contributed by atoms with Crippen LogP contribution in [0.15, 0.2) is 42.5 Å². The third-order valence-corrected chi connectivity index (χ3v) is 5.56. The molecular formula is C22H18F3NO4. The predicted molar refractivity (Wildman–Crippen MR) is 103 cm³/mol. The maximum atomic E-state index is 13.3. The monoisotopic (exact) mass is 417 g/mol. The third kappa shape index (κ3) is 3.32. The van der Waals surface area contributed by atoms with E-state index in [0.29, 0.717) is 35.2 Å². The molecule has 0 fully saturated rings. The van der Waals surface area contributed by atoms with Crippen molar-refractivity contribution < 1.29 is 32.6 Å². The zero-order chi connectivity index (χ0) is 21.6. The number of carbonyl (C=O) groups excluding carboxylic acids is 1. The van der Waals surface area contributed by atoms with E-state index in [1.807, 2.05) is 0 Å². The summed E-state index contributed by atoms with van der Waals surface area (Å²) in [5, 5.41) is 10.1. The van der Waals surface area contributed by atoms with Gasteiger partial charge in [0.2, 0.25) is 0 Å². The summed E-state index contributed by atoms with van der Waals surface area (Å²) in [6.45, 7) is 0. The summed E-state index contributed by atoms with van der Waals surface area (Å²) in [5.41, 5.74) is 0.905. The highest BCUT2D eigenvalue weighted by Gasteiger charge is 2.33. The molecule has 0 amide bonds. The number of nitrogens with zero attached hydrogens (tertiary/aromatic N) is 1. The van der Waals surface area contributed by atoms with E-state index in [9.17, 15) is 27.9 Å². The van der Waals surface area contributed by atoms with Crippen LogP contribution in [0, 0.1) is 5.92 Å². The number of aromatic nitrogens is 1. The van der Waals surface area contributed by atoms with Gasteiger partial charge in [-0.25, -0.2) is 0 Å². The second-order valence-corrected chi connectivity index (χ2v) is 7.31.